The molecule has 0 aliphatic carbocycles. The Hall–Kier alpha value is -2.03. The fraction of sp³-hybridized carbons (Fsp3) is 0.650. The van der Waals surface area contributed by atoms with Gasteiger partial charge in [0.25, 0.3) is 0 Å². The van der Waals surface area contributed by atoms with E-state index in [1.807, 2.05) is 0 Å². The number of ether oxygens (including phenoxy) is 2. The van der Waals surface area contributed by atoms with Crippen molar-refractivity contribution in [3.63, 3.8) is 0 Å². The predicted molar refractivity (Wildman–Crippen MR) is 95.7 cm³/mol. The molecule has 2 unspecified atom stereocenters. The Balaban J connectivity index is 1.83. The van der Waals surface area contributed by atoms with Gasteiger partial charge in [-0.2, -0.15) is 0 Å². The van der Waals surface area contributed by atoms with Crippen LogP contribution in [0.4, 0.5) is 22.4 Å². The Bertz CT molecular complexity index is 761. The van der Waals surface area contributed by atoms with Gasteiger partial charge in [-0.1, -0.05) is 0 Å². The molecule has 2 fully saturated rings. The minimum atomic E-state index is -4.93. The third-order valence-corrected chi connectivity index (χ3v) is 5.29. The molecule has 1 aromatic carbocycles. The molecule has 2 bridgehead atoms. The molecule has 2 heterocycles. The molecule has 5 nitrogen and oxygen atoms in total. The second-order valence-electron chi connectivity index (χ2n) is 8.76. The summed E-state index contributed by atoms with van der Waals surface area (Å²) >= 11 is 0. The number of nitrogens with zero attached hydrogens (tertiary/aromatic N) is 1. The van der Waals surface area contributed by atoms with Gasteiger partial charge in [0.05, 0.1) is 5.60 Å². The highest BCUT2D eigenvalue weighted by Gasteiger charge is 2.50. The molecule has 0 radical (unpaired) electrons. The van der Waals surface area contributed by atoms with Crippen LogP contribution in [-0.2, 0) is 10.3 Å². The van der Waals surface area contributed by atoms with Crippen molar-refractivity contribution in [2.24, 2.45) is 0 Å². The summed E-state index contributed by atoms with van der Waals surface area (Å²) in [5.41, 5.74) is -2.35. The number of rotatable bonds is 2. The number of carbonyl (C=O) groups is 1. The molecule has 3 rings (SSSR count). The lowest BCUT2D eigenvalue weighted by Crippen LogP contribution is -2.59. The molecule has 2 aliphatic rings. The summed E-state index contributed by atoms with van der Waals surface area (Å²) in [7, 11) is 0. The van der Waals surface area contributed by atoms with Crippen LogP contribution in [0.5, 0.6) is 5.75 Å². The molecule has 1 N–H and O–H groups in total. The van der Waals surface area contributed by atoms with Crippen LogP contribution in [0.3, 0.4) is 0 Å². The minimum absolute atomic E-state index is 0.0825. The van der Waals surface area contributed by atoms with Crippen LogP contribution in [0, 0.1) is 5.82 Å². The average molecular weight is 419 g/mol. The lowest BCUT2D eigenvalue weighted by molar-refractivity contribution is -0.274. The van der Waals surface area contributed by atoms with Crippen LogP contribution in [0.2, 0.25) is 0 Å². The molecule has 162 valence electrons. The molecule has 0 spiro atoms. The van der Waals surface area contributed by atoms with Gasteiger partial charge in [0.2, 0.25) is 0 Å². The molecule has 29 heavy (non-hydrogen) atoms. The first kappa shape index (κ1) is 21.7. The topological polar surface area (TPSA) is 59.0 Å². The zero-order chi connectivity index (χ0) is 21.6. The molecular weight excluding hydrogens is 394 g/mol. The highest BCUT2D eigenvalue weighted by atomic mass is 19.4. The summed E-state index contributed by atoms with van der Waals surface area (Å²) in [5, 5.41) is 11.2. The summed E-state index contributed by atoms with van der Waals surface area (Å²) < 4.78 is 60.9. The van der Waals surface area contributed by atoms with E-state index in [0.29, 0.717) is 18.9 Å². The summed E-state index contributed by atoms with van der Waals surface area (Å²) in [5.74, 6) is -1.66. The Kier molecular flexibility index (Phi) is 5.49. The maximum absolute atomic E-state index is 14.6. The lowest BCUT2D eigenvalue weighted by atomic mass is 9.72. The predicted octanol–water partition coefficient (Wildman–Crippen LogP) is 4.86. The number of hydrogen-bond donors (Lipinski definition) is 1. The number of hydrogen-bond acceptors (Lipinski definition) is 4. The van der Waals surface area contributed by atoms with Crippen molar-refractivity contribution >= 4 is 6.09 Å². The second-order valence-corrected chi connectivity index (χ2v) is 8.76. The zero-order valence-electron chi connectivity index (χ0n) is 16.6. The number of aliphatic hydroxyl groups is 1. The number of halogens is 4. The van der Waals surface area contributed by atoms with E-state index in [9.17, 15) is 27.5 Å². The van der Waals surface area contributed by atoms with Crippen molar-refractivity contribution in [1.82, 2.24) is 4.90 Å². The summed E-state index contributed by atoms with van der Waals surface area (Å²) in [4.78, 5) is 14.3. The van der Waals surface area contributed by atoms with Gasteiger partial charge < -0.3 is 19.5 Å². The molecule has 2 atom stereocenters. The van der Waals surface area contributed by atoms with Crippen LogP contribution in [0.25, 0.3) is 0 Å². The minimum Gasteiger partial charge on any atom is -0.444 e. The van der Waals surface area contributed by atoms with E-state index < -0.39 is 35.2 Å². The molecule has 1 aromatic rings. The quantitative estimate of drug-likeness (QED) is 0.696. The molecule has 1 amide bonds. The number of fused-ring (bicyclic) bond motifs is 2. The van der Waals surface area contributed by atoms with Crippen LogP contribution >= 0.6 is 0 Å². The van der Waals surface area contributed by atoms with Crippen molar-refractivity contribution in [3.8, 4) is 5.75 Å². The Morgan fingerprint density at radius 3 is 2.24 bits per heavy atom. The van der Waals surface area contributed by atoms with Gasteiger partial charge >= 0.3 is 12.5 Å². The van der Waals surface area contributed by atoms with Gasteiger partial charge in [-0.3, -0.25) is 0 Å². The van der Waals surface area contributed by atoms with E-state index in [0.717, 1.165) is 18.6 Å². The number of amides is 1. The first-order chi connectivity index (χ1) is 13.3. The Morgan fingerprint density at radius 2 is 1.76 bits per heavy atom. The van der Waals surface area contributed by atoms with E-state index in [4.69, 9.17) is 4.74 Å². The first-order valence-corrected chi connectivity index (χ1v) is 9.57. The number of carbonyl (C=O) groups excluding carboxylic acids is 1. The normalized spacial score (nSPS) is 27.5. The van der Waals surface area contributed by atoms with E-state index in [1.165, 1.54) is 0 Å². The smallest absolute Gasteiger partial charge is 0.444 e. The van der Waals surface area contributed by atoms with Crippen molar-refractivity contribution in [2.45, 2.75) is 82.5 Å². The van der Waals surface area contributed by atoms with Gasteiger partial charge in [-0.15, -0.1) is 13.2 Å². The monoisotopic (exact) mass is 419 g/mol. The zero-order valence-corrected chi connectivity index (χ0v) is 16.6. The Morgan fingerprint density at radius 1 is 1.17 bits per heavy atom. The van der Waals surface area contributed by atoms with Gasteiger partial charge in [0.1, 0.15) is 17.2 Å². The van der Waals surface area contributed by atoms with E-state index in [2.05, 4.69) is 4.74 Å². The van der Waals surface area contributed by atoms with Crippen LogP contribution in [-0.4, -0.2) is 40.1 Å². The average Bonchev–Trinajstić information content (AvgIpc) is 2.50. The fourth-order valence-corrected chi connectivity index (χ4v) is 4.33. The summed E-state index contributed by atoms with van der Waals surface area (Å²) in [6, 6.07) is 2.05. The number of piperidine rings is 2. The van der Waals surface area contributed by atoms with Gasteiger partial charge in [0.15, 0.2) is 0 Å². The molecule has 9 heteroatoms. The molecule has 2 saturated heterocycles. The van der Waals surface area contributed by atoms with Gasteiger partial charge in [0, 0.05) is 36.6 Å². The fourth-order valence-electron chi connectivity index (χ4n) is 4.33. The van der Waals surface area contributed by atoms with Crippen molar-refractivity contribution in [1.29, 1.82) is 0 Å². The number of alkyl halides is 3. The van der Waals surface area contributed by atoms with Crippen molar-refractivity contribution in [3.05, 3.63) is 29.6 Å². The molecule has 2 aliphatic heterocycles. The highest BCUT2D eigenvalue weighted by Crippen LogP contribution is 2.46. The van der Waals surface area contributed by atoms with Crippen LogP contribution in [0.1, 0.15) is 58.4 Å². The highest BCUT2D eigenvalue weighted by molar-refractivity contribution is 5.69. The van der Waals surface area contributed by atoms with Crippen molar-refractivity contribution < 1.29 is 36.9 Å². The molecular formula is C20H25F4NO4. The van der Waals surface area contributed by atoms with Gasteiger partial charge in [-0.05, 0) is 52.2 Å². The standard InChI is InChI=1S/C20H25F4NO4/c1-18(2,3)29-17(26)25-12-5-4-6-13(25)11-19(27,10-12)15-8-7-14(9-16(15)21)28-20(22,23)24/h7-9,12-13,27H,4-6,10-11H2,1-3H3. The van der Waals surface area contributed by atoms with Gasteiger partial charge in [-0.25, -0.2) is 9.18 Å². The second kappa shape index (κ2) is 7.34. The van der Waals surface area contributed by atoms with Crippen molar-refractivity contribution in [2.75, 3.05) is 0 Å². The largest absolute Gasteiger partial charge is 0.573 e. The van der Waals surface area contributed by atoms with E-state index in [1.54, 1.807) is 25.7 Å². The molecule has 0 aromatic heterocycles. The third kappa shape index (κ3) is 4.94. The first-order valence-electron chi connectivity index (χ1n) is 9.57. The SMILES string of the molecule is CC(C)(C)OC(=O)N1C2CCCC1CC(O)(c1ccc(OC(F)(F)F)cc1F)C2. The third-order valence-electron chi connectivity index (χ3n) is 5.29. The van der Waals surface area contributed by atoms with E-state index in [-0.39, 0.29) is 30.5 Å². The molecule has 0 saturated carbocycles. The summed E-state index contributed by atoms with van der Waals surface area (Å²) in [6.07, 6.45) is -3.10. The Labute approximate surface area is 166 Å². The number of benzene rings is 1. The summed E-state index contributed by atoms with van der Waals surface area (Å²) in [6.45, 7) is 5.29. The van der Waals surface area contributed by atoms with E-state index >= 15 is 0 Å². The van der Waals surface area contributed by atoms with Crippen LogP contribution in [0.15, 0.2) is 18.2 Å². The van der Waals surface area contributed by atoms with Crippen LogP contribution < -0.4 is 4.74 Å². The maximum Gasteiger partial charge on any atom is 0.573 e. The maximum atomic E-state index is 14.6. The lowest BCUT2D eigenvalue weighted by Gasteiger charge is -2.51.